The van der Waals surface area contributed by atoms with Crippen molar-refractivity contribution >= 4 is 11.3 Å². The molecule has 0 saturated carbocycles. The predicted molar refractivity (Wildman–Crippen MR) is 22.1 cm³/mol. The Labute approximate surface area is 50.9 Å². The Morgan fingerprint density at radius 2 is 2.33 bits per heavy atom. The maximum Gasteiger partial charge on any atom is 0.0791 e. The van der Waals surface area contributed by atoms with Gasteiger partial charge in [0.2, 0.25) is 0 Å². The second kappa shape index (κ2) is 3.34. The first kappa shape index (κ1) is 6.15. The van der Waals surface area contributed by atoms with Crippen molar-refractivity contribution < 1.29 is 17.1 Å². The van der Waals surface area contributed by atoms with Gasteiger partial charge in [-0.2, -0.15) is 0 Å². The van der Waals surface area contributed by atoms with Gasteiger partial charge in [-0.15, -0.1) is 11.3 Å². The topological polar surface area (TPSA) is 12.9 Å². The van der Waals surface area contributed by atoms with Crippen molar-refractivity contribution in [3.8, 4) is 0 Å². The van der Waals surface area contributed by atoms with E-state index in [9.17, 15) is 0 Å². The van der Waals surface area contributed by atoms with Gasteiger partial charge in [0.1, 0.15) is 0 Å². The van der Waals surface area contributed by atoms with Gasteiger partial charge < -0.3 is 0 Å². The van der Waals surface area contributed by atoms with Crippen LogP contribution in [0.1, 0.15) is 0 Å². The zero-order chi connectivity index (χ0) is 3.54. The summed E-state index contributed by atoms with van der Waals surface area (Å²) in [5, 5.41) is 1.93. The van der Waals surface area contributed by atoms with E-state index in [1.807, 2.05) is 5.38 Å². The minimum Gasteiger partial charge on any atom is -0.253 e. The number of hydrogen-bond acceptors (Lipinski definition) is 2. The molecule has 0 aliphatic carbocycles. The molecule has 0 bridgehead atoms. The van der Waals surface area contributed by atoms with Crippen molar-refractivity contribution in [1.82, 2.24) is 4.98 Å². The zero-order valence-electron chi connectivity index (χ0n) is 2.94. The van der Waals surface area contributed by atoms with Crippen LogP contribution in [0.15, 0.2) is 17.1 Å². The first-order valence-electron chi connectivity index (χ1n) is 1.32. The minimum absolute atomic E-state index is 0. The van der Waals surface area contributed by atoms with E-state index in [1.54, 1.807) is 23.0 Å². The summed E-state index contributed by atoms with van der Waals surface area (Å²) in [6.07, 6.45) is 1.77. The maximum atomic E-state index is 3.74. The van der Waals surface area contributed by atoms with Crippen LogP contribution in [0.5, 0.6) is 0 Å². The molecular weight excluding hydrogens is 138 g/mol. The second-order valence-corrected chi connectivity index (χ2v) is 1.43. The molecule has 1 aromatic heterocycles. The molecule has 6 heavy (non-hydrogen) atoms. The summed E-state index contributed by atoms with van der Waals surface area (Å²) in [4.78, 5) is 3.74. The Balaban J connectivity index is 0.000000250. The Morgan fingerprint density at radius 1 is 1.50 bits per heavy atom. The van der Waals surface area contributed by atoms with Crippen LogP contribution in [0.4, 0.5) is 0 Å². The molecule has 0 spiro atoms. The number of aromatic nitrogens is 1. The summed E-state index contributed by atoms with van der Waals surface area (Å²) in [5.41, 5.74) is 1.79. The van der Waals surface area contributed by atoms with E-state index >= 15 is 0 Å². The van der Waals surface area contributed by atoms with Crippen LogP contribution in [0.2, 0.25) is 0 Å². The van der Waals surface area contributed by atoms with Gasteiger partial charge in [0.05, 0.1) is 5.51 Å². The van der Waals surface area contributed by atoms with Crippen LogP contribution in [-0.2, 0) is 17.1 Å². The van der Waals surface area contributed by atoms with Gasteiger partial charge in [0, 0.05) is 28.6 Å². The molecule has 0 atom stereocenters. The fourth-order valence-corrected chi connectivity index (χ4v) is 0.527. The third-order valence-corrected chi connectivity index (χ3v) is 0.869. The molecule has 1 rings (SSSR count). The third-order valence-electron chi connectivity index (χ3n) is 0.347. The molecule has 34 valence electrons. The molecule has 1 heterocycles. The van der Waals surface area contributed by atoms with E-state index < -0.39 is 0 Å². The first-order valence-corrected chi connectivity index (χ1v) is 2.26. The smallest absolute Gasteiger partial charge is 0.0791 e. The average Bonchev–Trinajstić information content (AvgIpc) is 1.76. The molecule has 1 aromatic rings. The van der Waals surface area contributed by atoms with Gasteiger partial charge in [-0.1, -0.05) is 0 Å². The Bertz CT molecular complexity index is 67.3. The molecule has 1 nitrogen and oxygen atoms in total. The standard InChI is InChI=1S/C3H3NS.Fe/c1-2-5-3-4-1;/h1-3H;. The summed E-state index contributed by atoms with van der Waals surface area (Å²) in [5.74, 6) is 0. The van der Waals surface area contributed by atoms with Gasteiger partial charge in [-0.25, -0.2) is 0 Å². The number of hydrogen-bond donors (Lipinski definition) is 0. The van der Waals surface area contributed by atoms with Crippen molar-refractivity contribution in [2.24, 2.45) is 0 Å². The quantitative estimate of drug-likeness (QED) is 0.493. The van der Waals surface area contributed by atoms with Crippen molar-refractivity contribution in [2.75, 3.05) is 0 Å². The molecule has 0 amide bonds. The molecule has 0 unspecified atom stereocenters. The van der Waals surface area contributed by atoms with E-state index in [-0.39, 0.29) is 17.1 Å². The summed E-state index contributed by atoms with van der Waals surface area (Å²) in [6.45, 7) is 0. The predicted octanol–water partition coefficient (Wildman–Crippen LogP) is 1.14. The minimum atomic E-state index is 0. The van der Waals surface area contributed by atoms with Gasteiger partial charge >= 0.3 is 0 Å². The summed E-state index contributed by atoms with van der Waals surface area (Å²) < 4.78 is 0. The van der Waals surface area contributed by atoms with E-state index in [1.165, 1.54) is 0 Å². The molecule has 0 radical (unpaired) electrons. The summed E-state index contributed by atoms with van der Waals surface area (Å²) >= 11 is 1.60. The molecule has 0 aromatic carbocycles. The zero-order valence-corrected chi connectivity index (χ0v) is 4.86. The normalized spacial score (nSPS) is 6.67. The molecule has 0 fully saturated rings. The fraction of sp³-hybridized carbons (Fsp3) is 0. The van der Waals surface area contributed by atoms with Crippen LogP contribution >= 0.6 is 11.3 Å². The van der Waals surface area contributed by atoms with Crippen LogP contribution in [0.3, 0.4) is 0 Å². The van der Waals surface area contributed by atoms with Crippen molar-refractivity contribution in [3.05, 3.63) is 17.1 Å². The van der Waals surface area contributed by atoms with Crippen molar-refractivity contribution in [2.45, 2.75) is 0 Å². The van der Waals surface area contributed by atoms with E-state index in [0.29, 0.717) is 0 Å². The fourth-order valence-electron chi connectivity index (χ4n) is 0.176. The van der Waals surface area contributed by atoms with Gasteiger partial charge in [0.15, 0.2) is 0 Å². The molecule has 0 saturated heterocycles. The number of thiazole rings is 1. The molecule has 3 heteroatoms. The van der Waals surface area contributed by atoms with E-state index in [0.717, 1.165) is 0 Å². The summed E-state index contributed by atoms with van der Waals surface area (Å²) in [7, 11) is 0. The third kappa shape index (κ3) is 1.55. The van der Waals surface area contributed by atoms with Crippen LogP contribution in [0.25, 0.3) is 0 Å². The Morgan fingerprint density at radius 3 is 2.50 bits per heavy atom. The van der Waals surface area contributed by atoms with Gasteiger partial charge in [-0.05, 0) is 0 Å². The number of rotatable bonds is 0. The maximum absolute atomic E-state index is 3.74. The molecule has 0 aliphatic rings. The largest absolute Gasteiger partial charge is 0.253 e. The van der Waals surface area contributed by atoms with Crippen molar-refractivity contribution in [3.63, 3.8) is 0 Å². The van der Waals surface area contributed by atoms with Gasteiger partial charge in [0.25, 0.3) is 0 Å². The average molecular weight is 141 g/mol. The van der Waals surface area contributed by atoms with Gasteiger partial charge in [-0.3, -0.25) is 4.98 Å². The van der Waals surface area contributed by atoms with Crippen molar-refractivity contribution in [1.29, 1.82) is 0 Å². The second-order valence-electron chi connectivity index (χ2n) is 0.676. The van der Waals surface area contributed by atoms with Crippen LogP contribution in [-0.4, -0.2) is 4.98 Å². The summed E-state index contributed by atoms with van der Waals surface area (Å²) in [6, 6.07) is 0. The molecule has 0 aliphatic heterocycles. The molecule has 0 N–H and O–H groups in total. The number of nitrogens with zero attached hydrogens (tertiary/aromatic N) is 1. The Hall–Kier alpha value is 0.149. The monoisotopic (exact) mass is 141 g/mol. The Kier molecular flexibility index (Phi) is 3.43. The first-order chi connectivity index (χ1) is 2.50. The van der Waals surface area contributed by atoms with Crippen LogP contribution in [0, 0.1) is 0 Å². The SMILES string of the molecule is [Fe].c1cscn1. The van der Waals surface area contributed by atoms with E-state index in [2.05, 4.69) is 4.98 Å². The van der Waals surface area contributed by atoms with Crippen LogP contribution < -0.4 is 0 Å². The molecular formula is C3H3FeNS. The van der Waals surface area contributed by atoms with E-state index in [4.69, 9.17) is 0 Å².